The van der Waals surface area contributed by atoms with Gasteiger partial charge in [-0.2, -0.15) is 0 Å². The van der Waals surface area contributed by atoms with Crippen LogP contribution in [0.4, 0.5) is 0 Å². The minimum atomic E-state index is -0.987. The highest BCUT2D eigenvalue weighted by atomic mass is 16.5. The van der Waals surface area contributed by atoms with E-state index in [2.05, 4.69) is 5.32 Å². The molecule has 0 spiro atoms. The first-order valence-corrected chi connectivity index (χ1v) is 9.44. The second-order valence-electron chi connectivity index (χ2n) is 6.75. The summed E-state index contributed by atoms with van der Waals surface area (Å²) in [5.41, 5.74) is 1.10. The van der Waals surface area contributed by atoms with E-state index in [4.69, 9.17) is 4.74 Å². The molecule has 0 saturated carbocycles. The van der Waals surface area contributed by atoms with E-state index in [1.54, 1.807) is 13.8 Å². The zero-order valence-electron chi connectivity index (χ0n) is 15.9. The van der Waals surface area contributed by atoms with Gasteiger partial charge < -0.3 is 14.7 Å². The number of ether oxygens (including phenoxy) is 1. The van der Waals surface area contributed by atoms with E-state index >= 15 is 0 Å². The topological polar surface area (TPSA) is 95.9 Å². The Hall–Kier alpha value is -2.41. The summed E-state index contributed by atoms with van der Waals surface area (Å²) in [5, 5.41) is 12.3. The molecule has 0 aromatic heterocycles. The van der Waals surface area contributed by atoms with E-state index < -0.39 is 30.1 Å². The van der Waals surface area contributed by atoms with Crippen LogP contribution >= 0.6 is 0 Å². The minimum Gasteiger partial charge on any atom is -0.480 e. The van der Waals surface area contributed by atoms with Crippen LogP contribution in [0.15, 0.2) is 30.3 Å². The second kappa shape index (κ2) is 10.1. The zero-order chi connectivity index (χ0) is 19.8. The van der Waals surface area contributed by atoms with Gasteiger partial charge in [0.1, 0.15) is 12.1 Å². The van der Waals surface area contributed by atoms with Crippen LogP contribution in [0.25, 0.3) is 0 Å². The van der Waals surface area contributed by atoms with Crippen molar-refractivity contribution in [1.82, 2.24) is 10.2 Å². The molecule has 0 radical (unpaired) electrons. The summed E-state index contributed by atoms with van der Waals surface area (Å²) in [7, 11) is 0. The number of esters is 1. The van der Waals surface area contributed by atoms with Crippen molar-refractivity contribution in [3.63, 3.8) is 0 Å². The highest BCUT2D eigenvalue weighted by molar-refractivity contribution is 5.88. The zero-order valence-corrected chi connectivity index (χ0v) is 15.9. The number of hydrogen-bond acceptors (Lipinski definition) is 5. The fraction of sp³-hybridized carbons (Fsp3) is 0.550. The predicted molar refractivity (Wildman–Crippen MR) is 100 cm³/mol. The third-order valence-corrected chi connectivity index (χ3v) is 4.78. The van der Waals surface area contributed by atoms with Crippen molar-refractivity contribution in [1.29, 1.82) is 0 Å². The molecule has 1 heterocycles. The maximum absolute atomic E-state index is 12.7. The summed E-state index contributed by atoms with van der Waals surface area (Å²) < 4.78 is 5.14. The van der Waals surface area contributed by atoms with Gasteiger partial charge in [-0.05, 0) is 45.1 Å². The lowest BCUT2D eigenvalue weighted by molar-refractivity contribution is -0.150. The van der Waals surface area contributed by atoms with Crippen LogP contribution < -0.4 is 5.32 Å². The maximum atomic E-state index is 12.7. The van der Waals surface area contributed by atoms with Crippen LogP contribution in [0, 0.1) is 0 Å². The Morgan fingerprint density at radius 3 is 2.63 bits per heavy atom. The number of benzene rings is 1. The Kier molecular flexibility index (Phi) is 7.79. The summed E-state index contributed by atoms with van der Waals surface area (Å²) >= 11 is 0. The van der Waals surface area contributed by atoms with Crippen molar-refractivity contribution < 1.29 is 24.2 Å². The normalized spacial score (nSPS) is 18.7. The van der Waals surface area contributed by atoms with E-state index in [0.717, 1.165) is 5.56 Å². The van der Waals surface area contributed by atoms with Gasteiger partial charge in [0, 0.05) is 6.54 Å². The van der Waals surface area contributed by atoms with Gasteiger partial charge in [0.15, 0.2) is 0 Å². The lowest BCUT2D eigenvalue weighted by Gasteiger charge is -2.27. The average molecular weight is 376 g/mol. The molecule has 7 heteroatoms. The van der Waals surface area contributed by atoms with E-state index in [0.29, 0.717) is 32.2 Å². The van der Waals surface area contributed by atoms with Crippen LogP contribution in [0.2, 0.25) is 0 Å². The van der Waals surface area contributed by atoms with Gasteiger partial charge in [-0.15, -0.1) is 0 Å². The van der Waals surface area contributed by atoms with Crippen LogP contribution in [-0.4, -0.2) is 59.1 Å². The highest BCUT2D eigenvalue weighted by Crippen LogP contribution is 2.19. The largest absolute Gasteiger partial charge is 0.480 e. The molecule has 1 amide bonds. The van der Waals surface area contributed by atoms with E-state index in [-0.39, 0.29) is 12.5 Å². The molecular weight excluding hydrogens is 348 g/mol. The Balaban J connectivity index is 2.01. The number of carbonyl (C=O) groups excluding carboxylic acids is 2. The molecule has 1 aromatic rings. The molecule has 0 bridgehead atoms. The van der Waals surface area contributed by atoms with E-state index in [9.17, 15) is 19.5 Å². The number of aryl methyl sites for hydroxylation is 1. The van der Waals surface area contributed by atoms with Gasteiger partial charge in [0.05, 0.1) is 12.6 Å². The first kappa shape index (κ1) is 20.9. The molecule has 148 valence electrons. The third kappa shape index (κ3) is 5.79. The molecule has 1 aromatic carbocycles. The van der Waals surface area contributed by atoms with Crippen molar-refractivity contribution in [3.8, 4) is 0 Å². The Labute approximate surface area is 159 Å². The monoisotopic (exact) mass is 376 g/mol. The maximum Gasteiger partial charge on any atom is 0.326 e. The number of carboxylic acid groups (broad SMARTS) is 1. The van der Waals surface area contributed by atoms with Gasteiger partial charge in [-0.25, -0.2) is 4.79 Å². The summed E-state index contributed by atoms with van der Waals surface area (Å²) in [6.45, 7) is 4.09. The number of likely N-dealkylation sites (tertiary alicyclic amines) is 1. The Morgan fingerprint density at radius 2 is 2.00 bits per heavy atom. The molecule has 1 fully saturated rings. The minimum absolute atomic E-state index is 0.262. The first-order chi connectivity index (χ1) is 12.9. The molecule has 1 aliphatic heterocycles. The SMILES string of the molecule is CCOC(=O)[C@H](CCc1ccccc1)N[C@@H](C)C(=O)N1CCC[C@@H]1C(=O)O. The number of amides is 1. The molecule has 7 nitrogen and oxygen atoms in total. The van der Waals surface area contributed by atoms with Crippen molar-refractivity contribution >= 4 is 17.8 Å². The summed E-state index contributed by atoms with van der Waals surface area (Å²) in [6, 6.07) is 7.69. The van der Waals surface area contributed by atoms with Crippen molar-refractivity contribution in [3.05, 3.63) is 35.9 Å². The van der Waals surface area contributed by atoms with Crippen LogP contribution in [-0.2, 0) is 25.5 Å². The number of hydrogen-bond donors (Lipinski definition) is 2. The van der Waals surface area contributed by atoms with E-state index in [1.807, 2.05) is 30.3 Å². The molecule has 2 N–H and O–H groups in total. The lowest BCUT2D eigenvalue weighted by Crippen LogP contribution is -2.53. The molecule has 3 atom stereocenters. The van der Waals surface area contributed by atoms with Gasteiger partial charge in [0.2, 0.25) is 5.91 Å². The quantitative estimate of drug-likeness (QED) is 0.636. The fourth-order valence-corrected chi connectivity index (χ4v) is 3.38. The number of carboxylic acids is 1. The Morgan fingerprint density at radius 1 is 1.30 bits per heavy atom. The number of nitrogens with zero attached hydrogens (tertiary/aromatic N) is 1. The first-order valence-electron chi connectivity index (χ1n) is 9.44. The molecular formula is C20H28N2O5. The lowest BCUT2D eigenvalue weighted by atomic mass is 10.0. The van der Waals surface area contributed by atoms with Crippen LogP contribution in [0.5, 0.6) is 0 Å². The van der Waals surface area contributed by atoms with Gasteiger partial charge in [-0.1, -0.05) is 30.3 Å². The summed E-state index contributed by atoms with van der Waals surface area (Å²) in [4.78, 5) is 37.7. The second-order valence-corrected chi connectivity index (χ2v) is 6.75. The molecule has 1 saturated heterocycles. The third-order valence-electron chi connectivity index (χ3n) is 4.78. The number of aliphatic carboxylic acids is 1. The summed E-state index contributed by atoms with van der Waals surface area (Å²) in [5.74, 6) is -1.68. The highest BCUT2D eigenvalue weighted by Gasteiger charge is 2.36. The van der Waals surface area contributed by atoms with Crippen molar-refractivity contribution in [2.45, 2.75) is 57.7 Å². The van der Waals surface area contributed by atoms with E-state index in [1.165, 1.54) is 4.90 Å². The fourth-order valence-electron chi connectivity index (χ4n) is 3.38. The smallest absolute Gasteiger partial charge is 0.326 e. The standard InChI is InChI=1S/C20H28N2O5/c1-3-27-20(26)16(12-11-15-8-5-4-6-9-15)21-14(2)18(23)22-13-7-10-17(22)19(24)25/h4-6,8-9,14,16-17,21H,3,7,10-13H2,1-2H3,(H,24,25)/t14-,16-,17+/m0/s1. The Bertz CT molecular complexity index is 649. The molecule has 1 aliphatic rings. The molecule has 0 unspecified atom stereocenters. The van der Waals surface area contributed by atoms with Gasteiger partial charge >= 0.3 is 11.9 Å². The summed E-state index contributed by atoms with van der Waals surface area (Å²) in [6.07, 6.45) is 2.29. The van der Waals surface area contributed by atoms with Crippen LogP contribution in [0.1, 0.15) is 38.7 Å². The van der Waals surface area contributed by atoms with Crippen LogP contribution in [0.3, 0.4) is 0 Å². The molecule has 2 rings (SSSR count). The van der Waals surface area contributed by atoms with Crippen molar-refractivity contribution in [2.24, 2.45) is 0 Å². The predicted octanol–water partition coefficient (Wildman–Crippen LogP) is 1.60. The molecule has 27 heavy (non-hydrogen) atoms. The molecule has 0 aliphatic carbocycles. The number of rotatable bonds is 9. The average Bonchev–Trinajstić information content (AvgIpc) is 3.15. The van der Waals surface area contributed by atoms with Gasteiger partial charge in [-0.3, -0.25) is 14.9 Å². The van der Waals surface area contributed by atoms with Gasteiger partial charge in [0.25, 0.3) is 0 Å². The number of carbonyl (C=O) groups is 3. The number of nitrogens with one attached hydrogen (secondary N) is 1. The van der Waals surface area contributed by atoms with Crippen molar-refractivity contribution in [2.75, 3.05) is 13.2 Å².